The number of methoxy groups -OCH3 is 1. The molecule has 0 N–H and O–H groups in total. The number of carbonyl (C=O) groups is 2. The standard InChI is InChI=1S/C15H18Br2O5/c1-15(2,3)22-13(18)8-21-12-6-9(17)5-10(11(12)7-16)14(19)20-4/h5-6H,7-8H2,1-4H3. The van der Waals surface area contributed by atoms with Crippen LogP contribution < -0.4 is 4.74 Å². The molecule has 0 aliphatic carbocycles. The molecule has 1 aromatic carbocycles. The predicted molar refractivity (Wildman–Crippen MR) is 89.5 cm³/mol. The molecule has 0 radical (unpaired) electrons. The zero-order valence-electron chi connectivity index (χ0n) is 12.9. The van der Waals surface area contributed by atoms with Crippen LogP contribution in [0, 0.1) is 0 Å². The predicted octanol–water partition coefficient (Wildman–Crippen LogP) is 3.85. The van der Waals surface area contributed by atoms with Gasteiger partial charge in [0.15, 0.2) is 6.61 Å². The normalized spacial score (nSPS) is 11.0. The first-order valence-electron chi connectivity index (χ1n) is 6.49. The summed E-state index contributed by atoms with van der Waals surface area (Å²) in [5.74, 6) is -0.539. The quantitative estimate of drug-likeness (QED) is 0.517. The lowest BCUT2D eigenvalue weighted by Gasteiger charge is -2.20. The molecular weight excluding hydrogens is 420 g/mol. The summed E-state index contributed by atoms with van der Waals surface area (Å²) in [6.07, 6.45) is 0. The van der Waals surface area contributed by atoms with E-state index in [1.165, 1.54) is 7.11 Å². The third-order valence-corrected chi connectivity index (χ3v) is 3.50. The Balaban J connectivity index is 2.97. The third-order valence-electron chi connectivity index (χ3n) is 2.48. The molecule has 1 rings (SSSR count). The zero-order valence-corrected chi connectivity index (χ0v) is 16.0. The van der Waals surface area contributed by atoms with Gasteiger partial charge in [0.1, 0.15) is 11.4 Å². The van der Waals surface area contributed by atoms with Crippen molar-refractivity contribution in [3.05, 3.63) is 27.7 Å². The van der Waals surface area contributed by atoms with Crippen LogP contribution in [-0.2, 0) is 19.6 Å². The number of ether oxygens (including phenoxy) is 3. The highest BCUT2D eigenvalue weighted by Crippen LogP contribution is 2.30. The maximum atomic E-state index is 11.8. The van der Waals surface area contributed by atoms with E-state index >= 15 is 0 Å². The minimum absolute atomic E-state index is 0.242. The summed E-state index contributed by atoms with van der Waals surface area (Å²) in [6, 6.07) is 3.33. The van der Waals surface area contributed by atoms with Gasteiger partial charge in [0.2, 0.25) is 0 Å². The molecule has 122 valence electrons. The van der Waals surface area contributed by atoms with Crippen molar-refractivity contribution >= 4 is 43.8 Å². The van der Waals surface area contributed by atoms with Crippen LogP contribution >= 0.6 is 31.9 Å². The molecule has 0 saturated heterocycles. The van der Waals surface area contributed by atoms with Crippen molar-refractivity contribution in [1.29, 1.82) is 0 Å². The molecule has 1 aromatic rings. The van der Waals surface area contributed by atoms with Crippen molar-refractivity contribution in [2.45, 2.75) is 31.7 Å². The van der Waals surface area contributed by atoms with Gasteiger partial charge in [0, 0.05) is 15.4 Å². The Bertz CT molecular complexity index is 564. The SMILES string of the molecule is COC(=O)c1cc(Br)cc(OCC(=O)OC(C)(C)C)c1CBr. The lowest BCUT2D eigenvalue weighted by atomic mass is 10.1. The van der Waals surface area contributed by atoms with Gasteiger partial charge in [-0.3, -0.25) is 0 Å². The zero-order chi connectivity index (χ0) is 16.9. The Kier molecular flexibility index (Phi) is 6.87. The van der Waals surface area contributed by atoms with E-state index in [1.807, 2.05) is 0 Å². The summed E-state index contributed by atoms with van der Waals surface area (Å²) in [5, 5.41) is 0.383. The van der Waals surface area contributed by atoms with Gasteiger partial charge >= 0.3 is 11.9 Å². The second-order valence-electron chi connectivity index (χ2n) is 5.43. The molecule has 0 amide bonds. The Morgan fingerprint density at radius 1 is 1.23 bits per heavy atom. The Hall–Kier alpha value is -1.08. The molecule has 0 aliphatic heterocycles. The van der Waals surface area contributed by atoms with Crippen molar-refractivity contribution in [1.82, 2.24) is 0 Å². The van der Waals surface area contributed by atoms with E-state index in [0.717, 1.165) is 0 Å². The van der Waals surface area contributed by atoms with E-state index in [0.29, 0.717) is 26.7 Å². The number of esters is 2. The van der Waals surface area contributed by atoms with Crippen molar-refractivity contribution in [2.24, 2.45) is 0 Å². The third kappa shape index (κ3) is 5.61. The van der Waals surface area contributed by atoms with Crippen molar-refractivity contribution < 1.29 is 23.8 Å². The molecular formula is C15H18Br2O5. The first-order chi connectivity index (χ1) is 10.2. The number of hydrogen-bond donors (Lipinski definition) is 0. The van der Waals surface area contributed by atoms with Gasteiger partial charge in [0.05, 0.1) is 12.7 Å². The molecule has 0 spiro atoms. The van der Waals surface area contributed by atoms with Crippen LogP contribution in [0.25, 0.3) is 0 Å². The highest BCUT2D eigenvalue weighted by molar-refractivity contribution is 9.10. The van der Waals surface area contributed by atoms with Crippen molar-refractivity contribution in [3.63, 3.8) is 0 Å². The Labute approximate surface area is 146 Å². The van der Waals surface area contributed by atoms with Gasteiger partial charge in [-0.05, 0) is 32.9 Å². The first kappa shape index (κ1) is 19.0. The van der Waals surface area contributed by atoms with E-state index in [2.05, 4.69) is 31.9 Å². The summed E-state index contributed by atoms with van der Waals surface area (Å²) in [5.41, 5.74) is 0.402. The van der Waals surface area contributed by atoms with Crippen molar-refractivity contribution in [3.8, 4) is 5.75 Å². The number of rotatable bonds is 5. The van der Waals surface area contributed by atoms with E-state index in [-0.39, 0.29) is 6.61 Å². The minimum atomic E-state index is -0.576. The molecule has 0 heterocycles. The van der Waals surface area contributed by atoms with Crippen molar-refractivity contribution in [2.75, 3.05) is 13.7 Å². The summed E-state index contributed by atoms with van der Waals surface area (Å²) in [7, 11) is 1.31. The largest absolute Gasteiger partial charge is 0.482 e. The number of hydrogen-bond acceptors (Lipinski definition) is 5. The smallest absolute Gasteiger partial charge is 0.344 e. The Morgan fingerprint density at radius 3 is 2.36 bits per heavy atom. The fraction of sp³-hybridized carbons (Fsp3) is 0.467. The number of carbonyl (C=O) groups excluding carboxylic acids is 2. The van der Waals surface area contributed by atoms with E-state index in [4.69, 9.17) is 14.2 Å². The molecule has 0 aliphatic rings. The van der Waals surface area contributed by atoms with Gasteiger partial charge < -0.3 is 14.2 Å². The first-order valence-corrected chi connectivity index (χ1v) is 8.40. The molecule has 0 saturated carbocycles. The highest BCUT2D eigenvalue weighted by Gasteiger charge is 2.20. The van der Waals surface area contributed by atoms with Crippen LogP contribution in [0.2, 0.25) is 0 Å². The number of halogens is 2. The van der Waals surface area contributed by atoms with Gasteiger partial charge in [-0.25, -0.2) is 9.59 Å². The van der Waals surface area contributed by atoms with E-state index in [9.17, 15) is 9.59 Å². The monoisotopic (exact) mass is 436 g/mol. The highest BCUT2D eigenvalue weighted by atomic mass is 79.9. The number of alkyl halides is 1. The van der Waals surface area contributed by atoms with Crippen LogP contribution in [0.3, 0.4) is 0 Å². The fourth-order valence-electron chi connectivity index (χ4n) is 1.68. The second kappa shape index (κ2) is 7.97. The molecule has 22 heavy (non-hydrogen) atoms. The maximum Gasteiger partial charge on any atom is 0.344 e. The average Bonchev–Trinajstić information content (AvgIpc) is 2.41. The maximum absolute atomic E-state index is 11.8. The number of benzene rings is 1. The summed E-state index contributed by atoms with van der Waals surface area (Å²) >= 11 is 6.63. The summed E-state index contributed by atoms with van der Waals surface area (Å²) < 4.78 is 16.1. The second-order valence-corrected chi connectivity index (χ2v) is 6.91. The topological polar surface area (TPSA) is 61.8 Å². The molecule has 7 heteroatoms. The Morgan fingerprint density at radius 2 is 1.86 bits per heavy atom. The average molecular weight is 438 g/mol. The molecule has 0 fully saturated rings. The molecule has 0 unspecified atom stereocenters. The summed E-state index contributed by atoms with van der Waals surface area (Å²) in [4.78, 5) is 23.5. The fourth-order valence-corrected chi connectivity index (χ4v) is 2.69. The molecule has 0 bridgehead atoms. The van der Waals surface area contributed by atoms with Crippen LogP contribution in [0.1, 0.15) is 36.7 Å². The van der Waals surface area contributed by atoms with Crippen LogP contribution in [0.15, 0.2) is 16.6 Å². The molecule has 5 nitrogen and oxygen atoms in total. The van der Waals surface area contributed by atoms with Gasteiger partial charge in [-0.1, -0.05) is 31.9 Å². The summed E-state index contributed by atoms with van der Waals surface area (Å²) in [6.45, 7) is 5.10. The minimum Gasteiger partial charge on any atom is -0.482 e. The van der Waals surface area contributed by atoms with Crippen LogP contribution in [0.4, 0.5) is 0 Å². The van der Waals surface area contributed by atoms with Gasteiger partial charge in [0.25, 0.3) is 0 Å². The van der Waals surface area contributed by atoms with Gasteiger partial charge in [-0.2, -0.15) is 0 Å². The van der Waals surface area contributed by atoms with Gasteiger partial charge in [-0.15, -0.1) is 0 Å². The van der Waals surface area contributed by atoms with E-state index in [1.54, 1.807) is 32.9 Å². The lowest BCUT2D eigenvalue weighted by molar-refractivity contribution is -0.157. The van der Waals surface area contributed by atoms with E-state index < -0.39 is 17.5 Å². The van der Waals surface area contributed by atoms with Crippen LogP contribution in [0.5, 0.6) is 5.75 Å². The molecule has 0 aromatic heterocycles. The lowest BCUT2D eigenvalue weighted by Crippen LogP contribution is -2.27. The van der Waals surface area contributed by atoms with Crippen LogP contribution in [-0.4, -0.2) is 31.3 Å². The molecule has 0 atom stereocenters.